The molecule has 0 atom stereocenters. The van der Waals surface area contributed by atoms with Gasteiger partial charge in [-0.15, -0.1) is 0 Å². The third-order valence-corrected chi connectivity index (χ3v) is 4.54. The van der Waals surface area contributed by atoms with E-state index in [4.69, 9.17) is 9.47 Å². The Labute approximate surface area is 161 Å². The summed E-state index contributed by atoms with van der Waals surface area (Å²) in [5.41, 5.74) is 2.85. The summed E-state index contributed by atoms with van der Waals surface area (Å²) in [4.78, 5) is 12.9. The van der Waals surface area contributed by atoms with Crippen molar-refractivity contribution in [2.75, 3.05) is 18.5 Å². The van der Waals surface area contributed by atoms with Crippen molar-refractivity contribution in [1.29, 1.82) is 0 Å². The Morgan fingerprint density at radius 1 is 1.14 bits per heavy atom. The molecule has 0 radical (unpaired) electrons. The fraction of sp³-hybridized carbons (Fsp3) is 0.238. The summed E-state index contributed by atoms with van der Waals surface area (Å²) in [6, 6.07) is 9.78. The molecule has 2 aromatic carbocycles. The Hall–Kier alpha value is -3.35. The lowest BCUT2D eigenvalue weighted by atomic mass is 10.1. The number of carbonyl (C=O) groups excluding carboxylic acids is 1. The van der Waals surface area contributed by atoms with Crippen molar-refractivity contribution in [2.24, 2.45) is 7.05 Å². The first kappa shape index (κ1) is 18.0. The van der Waals surface area contributed by atoms with E-state index in [1.807, 2.05) is 25.1 Å². The van der Waals surface area contributed by atoms with Gasteiger partial charge in [0.15, 0.2) is 11.5 Å². The lowest BCUT2D eigenvalue weighted by Gasteiger charge is -2.10. The van der Waals surface area contributed by atoms with Crippen LogP contribution in [0, 0.1) is 12.7 Å². The molecule has 1 amide bonds. The van der Waals surface area contributed by atoms with Gasteiger partial charge in [-0.1, -0.05) is 6.07 Å². The standard InChI is InChI=1S/C21H20FN3O3/c1-13-4-6-15(22)11-17(13)23-21(26)16-12-25(2)24-20(16)14-5-7-18-19(10-14)28-9-3-8-27-18/h4-7,10-12H,3,8-9H2,1-2H3,(H,23,26). The summed E-state index contributed by atoms with van der Waals surface area (Å²) in [5, 5.41) is 7.22. The number of halogens is 1. The minimum atomic E-state index is -0.407. The van der Waals surface area contributed by atoms with Crippen molar-refractivity contribution in [1.82, 2.24) is 9.78 Å². The highest BCUT2D eigenvalue weighted by Crippen LogP contribution is 2.35. The van der Waals surface area contributed by atoms with Crippen LogP contribution in [0.5, 0.6) is 11.5 Å². The molecule has 28 heavy (non-hydrogen) atoms. The van der Waals surface area contributed by atoms with Crippen LogP contribution in [-0.2, 0) is 7.05 Å². The van der Waals surface area contributed by atoms with E-state index in [-0.39, 0.29) is 5.91 Å². The first-order chi connectivity index (χ1) is 13.5. The molecule has 1 aliphatic rings. The molecule has 0 spiro atoms. The summed E-state index contributed by atoms with van der Waals surface area (Å²) >= 11 is 0. The van der Waals surface area contributed by atoms with Crippen LogP contribution in [0.25, 0.3) is 11.3 Å². The van der Waals surface area contributed by atoms with Gasteiger partial charge in [-0.25, -0.2) is 4.39 Å². The first-order valence-electron chi connectivity index (χ1n) is 9.02. The molecule has 2 heterocycles. The number of amides is 1. The second-order valence-electron chi connectivity index (χ2n) is 6.69. The molecular formula is C21H20FN3O3. The Morgan fingerprint density at radius 3 is 2.75 bits per heavy atom. The molecule has 6 nitrogen and oxygen atoms in total. The quantitative estimate of drug-likeness (QED) is 0.746. The second-order valence-corrected chi connectivity index (χ2v) is 6.69. The van der Waals surface area contributed by atoms with Crippen LogP contribution < -0.4 is 14.8 Å². The maximum absolute atomic E-state index is 13.5. The number of aryl methyl sites for hydroxylation is 2. The molecule has 0 bridgehead atoms. The third-order valence-electron chi connectivity index (χ3n) is 4.54. The predicted octanol–water partition coefficient (Wildman–Crippen LogP) is 3.95. The van der Waals surface area contributed by atoms with E-state index in [0.29, 0.717) is 41.7 Å². The van der Waals surface area contributed by atoms with Crippen LogP contribution in [0.15, 0.2) is 42.6 Å². The molecule has 0 saturated heterocycles. The monoisotopic (exact) mass is 381 g/mol. The fourth-order valence-corrected chi connectivity index (χ4v) is 3.10. The molecule has 1 aromatic heterocycles. The number of aromatic nitrogens is 2. The van der Waals surface area contributed by atoms with Gasteiger partial charge in [0.05, 0.1) is 18.8 Å². The first-order valence-corrected chi connectivity index (χ1v) is 9.02. The maximum atomic E-state index is 13.5. The SMILES string of the molecule is Cc1ccc(F)cc1NC(=O)c1cn(C)nc1-c1ccc2c(c1)OCCCO2. The Morgan fingerprint density at radius 2 is 1.93 bits per heavy atom. The zero-order chi connectivity index (χ0) is 19.7. The summed E-state index contributed by atoms with van der Waals surface area (Å²) in [5.74, 6) is 0.547. The van der Waals surface area contributed by atoms with Crippen LogP contribution in [-0.4, -0.2) is 28.9 Å². The van der Waals surface area contributed by atoms with E-state index in [9.17, 15) is 9.18 Å². The van der Waals surface area contributed by atoms with Gasteiger partial charge in [0.1, 0.15) is 11.5 Å². The Kier molecular flexibility index (Phi) is 4.73. The zero-order valence-corrected chi connectivity index (χ0v) is 15.7. The van der Waals surface area contributed by atoms with E-state index >= 15 is 0 Å². The number of ether oxygens (including phenoxy) is 2. The molecule has 0 saturated carbocycles. The van der Waals surface area contributed by atoms with Gasteiger partial charge in [0.25, 0.3) is 5.91 Å². The molecule has 0 fully saturated rings. The van der Waals surface area contributed by atoms with Crippen LogP contribution in [0.3, 0.4) is 0 Å². The molecule has 0 unspecified atom stereocenters. The van der Waals surface area contributed by atoms with E-state index in [0.717, 1.165) is 17.5 Å². The van der Waals surface area contributed by atoms with Crippen LogP contribution in [0.2, 0.25) is 0 Å². The minimum Gasteiger partial charge on any atom is -0.490 e. The molecule has 0 aliphatic carbocycles. The lowest BCUT2D eigenvalue weighted by Crippen LogP contribution is -2.13. The molecule has 1 aliphatic heterocycles. The number of carbonyl (C=O) groups is 1. The normalized spacial score (nSPS) is 13.1. The molecule has 1 N–H and O–H groups in total. The zero-order valence-electron chi connectivity index (χ0n) is 15.7. The Balaban J connectivity index is 1.68. The highest BCUT2D eigenvalue weighted by molar-refractivity contribution is 6.08. The smallest absolute Gasteiger partial charge is 0.259 e. The number of nitrogens with zero attached hydrogens (tertiary/aromatic N) is 2. The summed E-state index contributed by atoms with van der Waals surface area (Å²) in [6.45, 7) is 2.99. The second kappa shape index (κ2) is 7.34. The highest BCUT2D eigenvalue weighted by Gasteiger charge is 2.20. The van der Waals surface area contributed by atoms with E-state index in [1.165, 1.54) is 12.1 Å². The van der Waals surface area contributed by atoms with Crippen LogP contribution in [0.1, 0.15) is 22.3 Å². The molecular weight excluding hydrogens is 361 g/mol. The van der Waals surface area contributed by atoms with Gasteiger partial charge in [-0.3, -0.25) is 9.48 Å². The fourth-order valence-electron chi connectivity index (χ4n) is 3.10. The number of benzene rings is 2. The number of hydrogen-bond donors (Lipinski definition) is 1. The van der Waals surface area contributed by atoms with Crippen molar-refractivity contribution < 1.29 is 18.7 Å². The Bertz CT molecular complexity index is 1050. The van der Waals surface area contributed by atoms with Gasteiger partial charge in [0.2, 0.25) is 0 Å². The molecule has 7 heteroatoms. The number of nitrogens with one attached hydrogen (secondary N) is 1. The van der Waals surface area contributed by atoms with Crippen molar-refractivity contribution in [3.05, 3.63) is 59.5 Å². The molecule has 4 rings (SSSR count). The predicted molar refractivity (Wildman–Crippen MR) is 103 cm³/mol. The molecule has 144 valence electrons. The van der Waals surface area contributed by atoms with Crippen LogP contribution >= 0.6 is 0 Å². The van der Waals surface area contributed by atoms with Crippen molar-refractivity contribution in [2.45, 2.75) is 13.3 Å². The largest absolute Gasteiger partial charge is 0.490 e. The molecule has 3 aromatic rings. The van der Waals surface area contributed by atoms with Gasteiger partial charge < -0.3 is 14.8 Å². The van der Waals surface area contributed by atoms with Crippen molar-refractivity contribution >= 4 is 11.6 Å². The minimum absolute atomic E-state index is 0.357. The number of hydrogen-bond acceptors (Lipinski definition) is 4. The van der Waals surface area contributed by atoms with Gasteiger partial charge in [0, 0.05) is 30.9 Å². The third kappa shape index (κ3) is 3.55. The number of fused-ring (bicyclic) bond motifs is 1. The number of anilines is 1. The number of rotatable bonds is 3. The lowest BCUT2D eigenvalue weighted by molar-refractivity contribution is 0.102. The average Bonchev–Trinajstić information content (AvgIpc) is 2.92. The van der Waals surface area contributed by atoms with Crippen LogP contribution in [0.4, 0.5) is 10.1 Å². The average molecular weight is 381 g/mol. The summed E-state index contributed by atoms with van der Waals surface area (Å²) < 4.78 is 26.5. The highest BCUT2D eigenvalue weighted by atomic mass is 19.1. The van der Waals surface area contributed by atoms with Gasteiger partial charge in [-0.05, 0) is 42.8 Å². The van der Waals surface area contributed by atoms with E-state index < -0.39 is 5.82 Å². The topological polar surface area (TPSA) is 65.4 Å². The maximum Gasteiger partial charge on any atom is 0.259 e. The van der Waals surface area contributed by atoms with E-state index in [2.05, 4.69) is 10.4 Å². The van der Waals surface area contributed by atoms with Crippen molar-refractivity contribution in [3.8, 4) is 22.8 Å². The van der Waals surface area contributed by atoms with Gasteiger partial charge >= 0.3 is 0 Å². The van der Waals surface area contributed by atoms with Crippen molar-refractivity contribution in [3.63, 3.8) is 0 Å². The van der Waals surface area contributed by atoms with E-state index in [1.54, 1.807) is 24.0 Å². The summed E-state index contributed by atoms with van der Waals surface area (Å²) in [6.07, 6.45) is 2.45. The summed E-state index contributed by atoms with van der Waals surface area (Å²) in [7, 11) is 1.75. The van der Waals surface area contributed by atoms with Gasteiger partial charge in [-0.2, -0.15) is 5.10 Å².